The Morgan fingerprint density at radius 2 is 2.00 bits per heavy atom. The standard InChI is InChI=1S/C9H20N2OS/c1-5-11(6-2)9(12)10-8(3)7-13-4/h8H,5-7H2,1-4H3,(H,10,12). The Balaban J connectivity index is 3.83. The molecular weight excluding hydrogens is 184 g/mol. The highest BCUT2D eigenvalue weighted by Crippen LogP contribution is 1.97. The summed E-state index contributed by atoms with van der Waals surface area (Å²) in [6.45, 7) is 7.55. The lowest BCUT2D eigenvalue weighted by Gasteiger charge is -2.22. The van der Waals surface area contributed by atoms with Crippen LogP contribution in [-0.4, -0.2) is 42.1 Å². The molecule has 1 unspecified atom stereocenters. The van der Waals surface area contributed by atoms with Crippen LogP contribution in [0.2, 0.25) is 0 Å². The Morgan fingerprint density at radius 3 is 2.38 bits per heavy atom. The normalized spacial score (nSPS) is 12.3. The van der Waals surface area contributed by atoms with Crippen LogP contribution in [0, 0.1) is 0 Å². The predicted octanol–water partition coefficient (Wildman–Crippen LogP) is 1.79. The monoisotopic (exact) mass is 204 g/mol. The molecule has 0 spiro atoms. The first-order valence-electron chi connectivity index (χ1n) is 4.70. The molecule has 3 nitrogen and oxygen atoms in total. The molecule has 0 rings (SSSR count). The second-order valence-electron chi connectivity index (χ2n) is 2.98. The number of nitrogens with zero attached hydrogens (tertiary/aromatic N) is 1. The third-order valence-electron chi connectivity index (χ3n) is 1.84. The van der Waals surface area contributed by atoms with E-state index in [2.05, 4.69) is 5.32 Å². The number of hydrogen-bond acceptors (Lipinski definition) is 2. The lowest BCUT2D eigenvalue weighted by atomic mass is 10.4. The fraction of sp³-hybridized carbons (Fsp3) is 0.889. The Kier molecular flexibility index (Phi) is 6.86. The van der Waals surface area contributed by atoms with Crippen LogP contribution >= 0.6 is 11.8 Å². The summed E-state index contributed by atoms with van der Waals surface area (Å²) in [5, 5.41) is 2.95. The van der Waals surface area contributed by atoms with E-state index in [9.17, 15) is 4.79 Å². The third-order valence-corrected chi connectivity index (χ3v) is 2.67. The van der Waals surface area contributed by atoms with Gasteiger partial charge in [0.05, 0.1) is 0 Å². The van der Waals surface area contributed by atoms with Gasteiger partial charge in [0.1, 0.15) is 0 Å². The number of carbonyl (C=O) groups is 1. The molecule has 0 aliphatic heterocycles. The lowest BCUT2D eigenvalue weighted by molar-refractivity contribution is 0.201. The molecule has 4 heteroatoms. The molecule has 0 saturated heterocycles. The molecule has 78 valence electrons. The molecule has 0 heterocycles. The number of nitrogens with one attached hydrogen (secondary N) is 1. The summed E-state index contributed by atoms with van der Waals surface area (Å²) in [5.41, 5.74) is 0. The molecule has 0 bridgehead atoms. The minimum Gasteiger partial charge on any atom is -0.335 e. The molecule has 0 aromatic rings. The maximum Gasteiger partial charge on any atom is 0.317 e. The molecule has 0 saturated carbocycles. The van der Waals surface area contributed by atoms with Crippen molar-refractivity contribution in [1.29, 1.82) is 0 Å². The first-order chi connectivity index (χ1) is 6.15. The van der Waals surface area contributed by atoms with E-state index in [4.69, 9.17) is 0 Å². The molecule has 0 aliphatic rings. The van der Waals surface area contributed by atoms with Gasteiger partial charge in [-0.05, 0) is 27.0 Å². The maximum atomic E-state index is 11.5. The first-order valence-corrected chi connectivity index (χ1v) is 6.09. The van der Waals surface area contributed by atoms with Gasteiger partial charge in [0, 0.05) is 24.9 Å². The summed E-state index contributed by atoms with van der Waals surface area (Å²) in [4.78, 5) is 13.3. The zero-order valence-electron chi connectivity index (χ0n) is 8.96. The molecule has 0 aromatic carbocycles. The van der Waals surface area contributed by atoms with Gasteiger partial charge in [-0.15, -0.1) is 0 Å². The maximum absolute atomic E-state index is 11.5. The molecule has 13 heavy (non-hydrogen) atoms. The fourth-order valence-corrected chi connectivity index (χ4v) is 1.69. The van der Waals surface area contributed by atoms with E-state index in [1.54, 1.807) is 16.7 Å². The summed E-state index contributed by atoms with van der Waals surface area (Å²) in [5.74, 6) is 0.965. The Labute approximate surface area is 85.3 Å². The van der Waals surface area contributed by atoms with Crippen LogP contribution in [0.1, 0.15) is 20.8 Å². The highest BCUT2D eigenvalue weighted by molar-refractivity contribution is 7.98. The number of hydrogen-bond donors (Lipinski definition) is 1. The molecule has 0 fully saturated rings. The van der Waals surface area contributed by atoms with E-state index < -0.39 is 0 Å². The average molecular weight is 204 g/mol. The topological polar surface area (TPSA) is 32.3 Å². The molecule has 1 atom stereocenters. The molecular formula is C9H20N2OS. The van der Waals surface area contributed by atoms with E-state index >= 15 is 0 Å². The van der Waals surface area contributed by atoms with E-state index in [0.717, 1.165) is 18.8 Å². The lowest BCUT2D eigenvalue weighted by Crippen LogP contribution is -2.44. The first kappa shape index (κ1) is 12.6. The second kappa shape index (κ2) is 7.06. The number of rotatable bonds is 5. The summed E-state index contributed by atoms with van der Waals surface area (Å²) in [7, 11) is 0. The van der Waals surface area contributed by atoms with E-state index in [1.807, 2.05) is 27.0 Å². The zero-order valence-corrected chi connectivity index (χ0v) is 9.78. The van der Waals surface area contributed by atoms with E-state index in [1.165, 1.54) is 0 Å². The van der Waals surface area contributed by atoms with Gasteiger partial charge in [-0.2, -0.15) is 11.8 Å². The van der Waals surface area contributed by atoms with Crippen molar-refractivity contribution in [2.24, 2.45) is 0 Å². The number of carbonyl (C=O) groups excluding carboxylic acids is 1. The Hall–Kier alpha value is -0.380. The second-order valence-corrected chi connectivity index (χ2v) is 3.89. The number of urea groups is 1. The summed E-state index contributed by atoms with van der Waals surface area (Å²) in [6.07, 6.45) is 2.04. The van der Waals surface area contributed by atoms with Crippen LogP contribution in [0.3, 0.4) is 0 Å². The fourth-order valence-electron chi connectivity index (χ4n) is 1.10. The van der Waals surface area contributed by atoms with Gasteiger partial charge in [-0.3, -0.25) is 0 Å². The third kappa shape index (κ3) is 5.03. The van der Waals surface area contributed by atoms with Crippen LogP contribution in [0.25, 0.3) is 0 Å². The van der Waals surface area contributed by atoms with Gasteiger partial charge in [0.2, 0.25) is 0 Å². The number of amides is 2. The molecule has 0 aromatic heterocycles. The van der Waals surface area contributed by atoms with Crippen LogP contribution in [0.5, 0.6) is 0 Å². The smallest absolute Gasteiger partial charge is 0.317 e. The zero-order chi connectivity index (χ0) is 10.3. The quantitative estimate of drug-likeness (QED) is 0.740. The van der Waals surface area contributed by atoms with Gasteiger partial charge >= 0.3 is 6.03 Å². The van der Waals surface area contributed by atoms with Gasteiger partial charge < -0.3 is 10.2 Å². The summed E-state index contributed by atoms with van der Waals surface area (Å²) in [6, 6.07) is 0.301. The van der Waals surface area contributed by atoms with E-state index in [0.29, 0.717) is 0 Å². The van der Waals surface area contributed by atoms with Crippen molar-refractivity contribution in [2.45, 2.75) is 26.8 Å². The average Bonchev–Trinajstić information content (AvgIpc) is 2.06. The van der Waals surface area contributed by atoms with Gasteiger partial charge in [0.15, 0.2) is 0 Å². The SMILES string of the molecule is CCN(CC)C(=O)NC(C)CSC. The highest BCUT2D eigenvalue weighted by atomic mass is 32.2. The van der Waals surface area contributed by atoms with Crippen LogP contribution < -0.4 is 5.32 Å². The van der Waals surface area contributed by atoms with Crippen LogP contribution in [-0.2, 0) is 0 Å². The van der Waals surface area contributed by atoms with Crippen molar-refractivity contribution in [2.75, 3.05) is 25.1 Å². The largest absolute Gasteiger partial charge is 0.335 e. The molecule has 0 aliphatic carbocycles. The molecule has 2 amide bonds. The van der Waals surface area contributed by atoms with Gasteiger partial charge in [0.25, 0.3) is 0 Å². The summed E-state index contributed by atoms with van der Waals surface area (Å²) < 4.78 is 0. The predicted molar refractivity (Wildman–Crippen MR) is 59.3 cm³/mol. The van der Waals surface area contributed by atoms with Crippen molar-refractivity contribution < 1.29 is 4.79 Å². The molecule has 1 N–H and O–H groups in total. The summed E-state index contributed by atoms with van der Waals surface area (Å²) >= 11 is 1.75. The molecule has 0 radical (unpaired) electrons. The Bertz CT molecular complexity index is 149. The van der Waals surface area contributed by atoms with Crippen molar-refractivity contribution in [3.63, 3.8) is 0 Å². The van der Waals surface area contributed by atoms with Crippen LogP contribution in [0.4, 0.5) is 4.79 Å². The van der Waals surface area contributed by atoms with Gasteiger partial charge in [-0.1, -0.05) is 0 Å². The Morgan fingerprint density at radius 1 is 1.46 bits per heavy atom. The number of thioether (sulfide) groups is 1. The van der Waals surface area contributed by atoms with Crippen LogP contribution in [0.15, 0.2) is 0 Å². The minimum atomic E-state index is 0.0477. The minimum absolute atomic E-state index is 0.0477. The van der Waals surface area contributed by atoms with Crippen molar-refractivity contribution in [3.8, 4) is 0 Å². The van der Waals surface area contributed by atoms with Crippen molar-refractivity contribution in [1.82, 2.24) is 10.2 Å². The highest BCUT2D eigenvalue weighted by Gasteiger charge is 2.11. The van der Waals surface area contributed by atoms with E-state index in [-0.39, 0.29) is 12.1 Å². The van der Waals surface area contributed by atoms with Crippen molar-refractivity contribution >= 4 is 17.8 Å². The van der Waals surface area contributed by atoms with Crippen molar-refractivity contribution in [3.05, 3.63) is 0 Å². The van der Waals surface area contributed by atoms with Gasteiger partial charge in [-0.25, -0.2) is 4.79 Å².